The molecule has 0 saturated carbocycles. The third-order valence-corrected chi connectivity index (χ3v) is 5.62. The van der Waals surface area contributed by atoms with E-state index in [0.717, 1.165) is 49.4 Å². The van der Waals surface area contributed by atoms with Crippen LogP contribution in [-0.4, -0.2) is 42.4 Å². The molecule has 7 heteroatoms. The molecule has 1 aromatic heterocycles. The Hall–Kier alpha value is -3.45. The number of amides is 1. The largest absolute Gasteiger partial charge is 0.381 e. The van der Waals surface area contributed by atoms with Gasteiger partial charge in [-0.3, -0.25) is 10.2 Å². The van der Waals surface area contributed by atoms with Gasteiger partial charge in [-0.25, -0.2) is 4.98 Å². The summed E-state index contributed by atoms with van der Waals surface area (Å²) in [6, 6.07) is 13.6. The molecule has 1 unspecified atom stereocenters. The predicted octanol–water partition coefficient (Wildman–Crippen LogP) is 4.49. The number of ether oxygens (including phenoxy) is 1. The van der Waals surface area contributed by atoms with Crippen LogP contribution in [0.5, 0.6) is 0 Å². The third kappa shape index (κ3) is 8.48. The summed E-state index contributed by atoms with van der Waals surface area (Å²) in [5.41, 5.74) is 3.21. The van der Waals surface area contributed by atoms with Crippen molar-refractivity contribution in [2.24, 2.45) is 0 Å². The van der Waals surface area contributed by atoms with Crippen LogP contribution in [0.4, 0.5) is 11.5 Å². The highest BCUT2D eigenvalue weighted by atomic mass is 16.5. The molecule has 3 rings (SSSR count). The second-order valence-electron chi connectivity index (χ2n) is 8.27. The van der Waals surface area contributed by atoms with Crippen LogP contribution in [0, 0.1) is 5.41 Å². The van der Waals surface area contributed by atoms with E-state index in [2.05, 4.69) is 34.7 Å². The Labute approximate surface area is 202 Å². The Bertz CT molecular complexity index is 974. The van der Waals surface area contributed by atoms with E-state index in [4.69, 9.17) is 15.1 Å². The van der Waals surface area contributed by atoms with Gasteiger partial charge in [0.2, 0.25) is 0 Å². The van der Waals surface area contributed by atoms with Crippen molar-refractivity contribution in [2.45, 2.75) is 44.6 Å². The van der Waals surface area contributed by atoms with Crippen molar-refractivity contribution in [3.05, 3.63) is 78.7 Å². The summed E-state index contributed by atoms with van der Waals surface area (Å²) in [5.74, 6) is 0.608. The van der Waals surface area contributed by atoms with E-state index in [1.54, 1.807) is 12.3 Å². The summed E-state index contributed by atoms with van der Waals surface area (Å²) in [6.07, 6.45) is 10.5. The monoisotopic (exact) mass is 461 g/mol. The number of hydrogen-bond donors (Lipinski definition) is 4. The lowest BCUT2D eigenvalue weighted by molar-refractivity contribution is -0.115. The van der Waals surface area contributed by atoms with Gasteiger partial charge in [-0.05, 0) is 68.4 Å². The van der Waals surface area contributed by atoms with Gasteiger partial charge >= 0.3 is 0 Å². The van der Waals surface area contributed by atoms with Gasteiger partial charge < -0.3 is 20.7 Å². The molecular weight excluding hydrogens is 426 g/mol. The topological polar surface area (TPSA) is 99.1 Å². The number of unbranched alkanes of at least 4 members (excludes halogenated alkanes) is 1. The highest BCUT2D eigenvalue weighted by Gasteiger charge is 2.12. The number of nitrogens with one attached hydrogen (secondary N) is 4. The molecule has 1 aromatic carbocycles. The Morgan fingerprint density at radius 2 is 2.06 bits per heavy atom. The number of nitrogens with zero attached hydrogens (tertiary/aromatic N) is 1. The zero-order chi connectivity index (χ0) is 24.0. The SMILES string of the molecule is C=CC(CCOCCCCc1ccc2c(n1)NCCC2)NC(=O)C(=N)/C=C\Nc1ccccc1. The van der Waals surface area contributed by atoms with Crippen LogP contribution in [0.2, 0.25) is 0 Å². The number of anilines is 2. The normalized spacial score (nSPS) is 13.5. The van der Waals surface area contributed by atoms with E-state index < -0.39 is 5.91 Å². The summed E-state index contributed by atoms with van der Waals surface area (Å²) in [5, 5.41) is 17.1. The fourth-order valence-corrected chi connectivity index (χ4v) is 3.66. The molecule has 0 aliphatic carbocycles. The molecule has 1 aliphatic heterocycles. The molecule has 0 radical (unpaired) electrons. The fraction of sp³-hybridized carbons (Fsp3) is 0.370. The molecule has 180 valence electrons. The molecule has 0 saturated heterocycles. The van der Waals surface area contributed by atoms with Crippen molar-refractivity contribution in [1.82, 2.24) is 10.3 Å². The van der Waals surface area contributed by atoms with Crippen LogP contribution >= 0.6 is 0 Å². The Kier molecular flexibility index (Phi) is 10.3. The van der Waals surface area contributed by atoms with Crippen LogP contribution < -0.4 is 16.0 Å². The molecule has 2 heterocycles. The van der Waals surface area contributed by atoms with Crippen molar-refractivity contribution < 1.29 is 9.53 Å². The van der Waals surface area contributed by atoms with E-state index in [1.807, 2.05) is 30.3 Å². The molecule has 1 atom stereocenters. The van der Waals surface area contributed by atoms with Crippen LogP contribution in [0.15, 0.2) is 67.4 Å². The zero-order valence-corrected chi connectivity index (χ0v) is 19.7. The number of carbonyl (C=O) groups excluding carboxylic acids is 1. The first kappa shape index (κ1) is 25.2. The lowest BCUT2D eigenvalue weighted by Crippen LogP contribution is -2.38. The number of rotatable bonds is 14. The molecule has 0 spiro atoms. The van der Waals surface area contributed by atoms with E-state index in [0.29, 0.717) is 19.6 Å². The van der Waals surface area contributed by atoms with Crippen LogP contribution in [0.25, 0.3) is 0 Å². The lowest BCUT2D eigenvalue weighted by atomic mass is 10.1. The molecule has 4 N–H and O–H groups in total. The van der Waals surface area contributed by atoms with Crippen molar-refractivity contribution in [3.8, 4) is 0 Å². The van der Waals surface area contributed by atoms with Gasteiger partial charge in [0.15, 0.2) is 0 Å². The van der Waals surface area contributed by atoms with E-state index in [1.165, 1.54) is 18.1 Å². The second kappa shape index (κ2) is 14.0. The van der Waals surface area contributed by atoms with E-state index >= 15 is 0 Å². The van der Waals surface area contributed by atoms with E-state index in [9.17, 15) is 4.79 Å². The predicted molar refractivity (Wildman–Crippen MR) is 138 cm³/mol. The van der Waals surface area contributed by atoms with Gasteiger partial charge in [-0.2, -0.15) is 0 Å². The second-order valence-corrected chi connectivity index (χ2v) is 8.27. The maximum Gasteiger partial charge on any atom is 0.269 e. The van der Waals surface area contributed by atoms with Crippen molar-refractivity contribution >= 4 is 23.1 Å². The van der Waals surface area contributed by atoms with Crippen molar-refractivity contribution in [1.29, 1.82) is 5.41 Å². The van der Waals surface area contributed by atoms with Gasteiger partial charge in [0.05, 0.1) is 0 Å². The highest BCUT2D eigenvalue weighted by Crippen LogP contribution is 2.20. The first-order chi connectivity index (χ1) is 16.7. The summed E-state index contributed by atoms with van der Waals surface area (Å²) in [6.45, 7) is 5.99. The van der Waals surface area contributed by atoms with E-state index in [-0.39, 0.29) is 11.8 Å². The van der Waals surface area contributed by atoms with Crippen molar-refractivity contribution in [2.75, 3.05) is 30.4 Å². The number of carbonyl (C=O) groups is 1. The molecule has 0 bridgehead atoms. The van der Waals surface area contributed by atoms with Gasteiger partial charge in [0.1, 0.15) is 11.5 Å². The molecule has 34 heavy (non-hydrogen) atoms. The summed E-state index contributed by atoms with van der Waals surface area (Å²) < 4.78 is 5.74. The number of aryl methyl sites for hydroxylation is 2. The number of pyridine rings is 1. The first-order valence-electron chi connectivity index (χ1n) is 12.0. The minimum Gasteiger partial charge on any atom is -0.381 e. The molecule has 7 nitrogen and oxygen atoms in total. The minimum atomic E-state index is -0.442. The average molecular weight is 462 g/mol. The molecule has 2 aromatic rings. The Balaban J connectivity index is 1.26. The van der Waals surface area contributed by atoms with Gasteiger partial charge in [0.25, 0.3) is 5.91 Å². The summed E-state index contributed by atoms with van der Waals surface area (Å²) >= 11 is 0. The lowest BCUT2D eigenvalue weighted by Gasteiger charge is -2.17. The smallest absolute Gasteiger partial charge is 0.269 e. The minimum absolute atomic E-state index is 0.123. The fourth-order valence-electron chi connectivity index (χ4n) is 3.66. The number of fused-ring (bicyclic) bond motifs is 1. The van der Waals surface area contributed by atoms with Crippen LogP contribution in [0.1, 0.15) is 36.9 Å². The number of hydrogen-bond acceptors (Lipinski definition) is 6. The molecule has 0 fully saturated rings. The highest BCUT2D eigenvalue weighted by molar-refractivity contribution is 6.42. The van der Waals surface area contributed by atoms with Gasteiger partial charge in [0, 0.05) is 43.4 Å². The molecular formula is C27H35N5O2. The van der Waals surface area contributed by atoms with Crippen LogP contribution in [0.3, 0.4) is 0 Å². The maximum absolute atomic E-state index is 12.2. The third-order valence-electron chi connectivity index (χ3n) is 5.62. The Morgan fingerprint density at radius 1 is 1.21 bits per heavy atom. The standard InChI is InChI=1S/C27H35N5O2/c1-2-22(32-27(33)25(28)15-18-29-23-10-4-3-5-11-23)16-20-34-19-7-6-12-24-14-13-21-9-8-17-30-26(21)31-24/h2-5,10-11,13-15,18,22,28-29H,1,6-9,12,16-17,19-20H2,(H,30,31)(H,32,33)/b18-15-,28-25?. The van der Waals surface area contributed by atoms with Gasteiger partial charge in [-0.1, -0.05) is 30.3 Å². The van der Waals surface area contributed by atoms with Crippen molar-refractivity contribution in [3.63, 3.8) is 0 Å². The molecule has 1 aliphatic rings. The average Bonchev–Trinajstić information content (AvgIpc) is 2.87. The van der Waals surface area contributed by atoms with Gasteiger partial charge in [-0.15, -0.1) is 6.58 Å². The maximum atomic E-state index is 12.2. The zero-order valence-electron chi connectivity index (χ0n) is 19.7. The Morgan fingerprint density at radius 3 is 2.88 bits per heavy atom. The summed E-state index contributed by atoms with van der Waals surface area (Å²) in [4.78, 5) is 17.0. The quantitative estimate of drug-likeness (QED) is 0.189. The number of aromatic nitrogens is 1. The summed E-state index contributed by atoms with van der Waals surface area (Å²) in [7, 11) is 0. The number of benzene rings is 1. The number of para-hydroxylation sites is 1. The van der Waals surface area contributed by atoms with Crippen LogP contribution in [-0.2, 0) is 22.4 Å². The molecule has 1 amide bonds. The first-order valence-corrected chi connectivity index (χ1v) is 12.0.